The van der Waals surface area contributed by atoms with E-state index in [0.29, 0.717) is 18.5 Å². The highest BCUT2D eigenvalue weighted by Crippen LogP contribution is 2.24. The Kier molecular flexibility index (Phi) is 7.22. The molecule has 160 valence electrons. The number of rotatable bonds is 8. The van der Waals surface area contributed by atoms with E-state index < -0.39 is 0 Å². The summed E-state index contributed by atoms with van der Waals surface area (Å²) >= 11 is 0. The summed E-state index contributed by atoms with van der Waals surface area (Å²) in [4.78, 5) is 15.0. The predicted octanol–water partition coefficient (Wildman–Crippen LogP) is 4.77. The molecule has 6 nitrogen and oxygen atoms in total. The third-order valence-electron chi connectivity index (χ3n) is 5.66. The lowest BCUT2D eigenvalue weighted by Crippen LogP contribution is -2.30. The van der Waals surface area contributed by atoms with Crippen molar-refractivity contribution in [3.63, 3.8) is 0 Å². The van der Waals surface area contributed by atoms with Crippen LogP contribution < -0.4 is 5.32 Å². The van der Waals surface area contributed by atoms with Crippen LogP contribution in [0.15, 0.2) is 54.6 Å². The van der Waals surface area contributed by atoms with Crippen LogP contribution in [-0.2, 0) is 4.79 Å². The van der Waals surface area contributed by atoms with Crippen LogP contribution in [0.3, 0.4) is 0 Å². The second kappa shape index (κ2) is 10.1. The second-order valence-corrected chi connectivity index (χ2v) is 7.63. The third-order valence-corrected chi connectivity index (χ3v) is 5.66. The van der Waals surface area contributed by atoms with Gasteiger partial charge in [0.25, 0.3) is 0 Å². The summed E-state index contributed by atoms with van der Waals surface area (Å²) in [5.41, 5.74) is 5.25. The number of aryl methyl sites for hydroxylation is 1. The third kappa shape index (κ3) is 5.19. The van der Waals surface area contributed by atoms with Crippen molar-refractivity contribution >= 4 is 11.6 Å². The molecule has 1 N–H and O–H groups in total. The Morgan fingerprint density at radius 1 is 1.16 bits per heavy atom. The number of nitrogens with one attached hydrogen (secondary N) is 1. The Bertz CT molecular complexity index is 1060. The van der Waals surface area contributed by atoms with Crippen LogP contribution in [-0.4, -0.2) is 33.7 Å². The Hall–Kier alpha value is -3.43. The molecule has 2 aromatic carbocycles. The van der Waals surface area contributed by atoms with Gasteiger partial charge in [0.2, 0.25) is 5.91 Å². The maximum Gasteiger partial charge on any atom is 0.225 e. The van der Waals surface area contributed by atoms with Gasteiger partial charge in [0.15, 0.2) is 0 Å². The van der Waals surface area contributed by atoms with Gasteiger partial charge in [-0.3, -0.25) is 9.69 Å². The minimum absolute atomic E-state index is 0.0238. The van der Waals surface area contributed by atoms with Crippen LogP contribution in [0.2, 0.25) is 0 Å². The van der Waals surface area contributed by atoms with Crippen molar-refractivity contribution < 1.29 is 4.79 Å². The molecule has 0 aliphatic rings. The molecule has 0 saturated heterocycles. The molecule has 0 aliphatic carbocycles. The van der Waals surface area contributed by atoms with Crippen LogP contribution in [0.4, 0.5) is 5.69 Å². The largest absolute Gasteiger partial charge is 0.323 e. The molecule has 3 aromatic rings. The van der Waals surface area contributed by atoms with Gasteiger partial charge < -0.3 is 5.32 Å². The van der Waals surface area contributed by atoms with E-state index in [1.807, 2.05) is 73.1 Å². The first-order chi connectivity index (χ1) is 14.9. The van der Waals surface area contributed by atoms with Gasteiger partial charge in [0, 0.05) is 19.0 Å². The molecule has 1 atom stereocenters. The molecule has 0 aliphatic heterocycles. The highest BCUT2D eigenvalue weighted by atomic mass is 16.1. The summed E-state index contributed by atoms with van der Waals surface area (Å²) in [7, 11) is 0. The van der Waals surface area contributed by atoms with E-state index in [-0.39, 0.29) is 11.9 Å². The fourth-order valence-electron chi connectivity index (χ4n) is 3.76. The van der Waals surface area contributed by atoms with E-state index in [1.165, 1.54) is 0 Å². The molecule has 31 heavy (non-hydrogen) atoms. The molecule has 1 amide bonds. The molecule has 0 bridgehead atoms. The van der Waals surface area contributed by atoms with Crippen LogP contribution in [0.25, 0.3) is 5.69 Å². The first-order valence-electron chi connectivity index (χ1n) is 10.6. The number of benzene rings is 2. The van der Waals surface area contributed by atoms with Crippen LogP contribution in [0, 0.1) is 25.2 Å². The van der Waals surface area contributed by atoms with E-state index in [1.54, 1.807) is 0 Å². The molecule has 3 rings (SSSR count). The van der Waals surface area contributed by atoms with E-state index in [0.717, 1.165) is 34.9 Å². The summed E-state index contributed by atoms with van der Waals surface area (Å²) in [5, 5.41) is 16.6. The van der Waals surface area contributed by atoms with Crippen molar-refractivity contribution in [1.29, 1.82) is 5.26 Å². The molecule has 0 radical (unpaired) electrons. The number of hydrogen-bond donors (Lipinski definition) is 1. The van der Waals surface area contributed by atoms with Gasteiger partial charge in [-0.25, -0.2) is 4.68 Å². The normalized spacial score (nSPS) is 11.9. The van der Waals surface area contributed by atoms with Crippen molar-refractivity contribution in [2.24, 2.45) is 0 Å². The van der Waals surface area contributed by atoms with Gasteiger partial charge in [-0.1, -0.05) is 37.3 Å². The number of carbonyl (C=O) groups is 1. The number of amides is 1. The highest BCUT2D eigenvalue weighted by molar-refractivity contribution is 5.92. The van der Waals surface area contributed by atoms with Crippen molar-refractivity contribution in [2.45, 2.75) is 40.2 Å². The zero-order chi connectivity index (χ0) is 22.4. The minimum atomic E-state index is -0.0238. The molecule has 0 saturated carbocycles. The number of anilines is 1. The Morgan fingerprint density at radius 2 is 1.84 bits per heavy atom. The SMILES string of the molecule is CCN(CCC(=O)Nc1c(C)nn(-c2ccccc2)c1C)C(C)c1ccc(C#N)cc1. The van der Waals surface area contributed by atoms with E-state index >= 15 is 0 Å². The summed E-state index contributed by atoms with van der Waals surface area (Å²) < 4.78 is 1.86. The van der Waals surface area contributed by atoms with Crippen molar-refractivity contribution in [3.05, 3.63) is 77.1 Å². The van der Waals surface area contributed by atoms with Gasteiger partial charge >= 0.3 is 0 Å². The van der Waals surface area contributed by atoms with Gasteiger partial charge in [-0.15, -0.1) is 0 Å². The van der Waals surface area contributed by atoms with E-state index in [9.17, 15) is 4.79 Å². The molecule has 0 spiro atoms. The minimum Gasteiger partial charge on any atom is -0.323 e. The fourth-order valence-corrected chi connectivity index (χ4v) is 3.76. The first-order valence-corrected chi connectivity index (χ1v) is 10.6. The number of nitriles is 1. The first kappa shape index (κ1) is 22.3. The van der Waals surface area contributed by atoms with Crippen molar-refractivity contribution in [3.8, 4) is 11.8 Å². The smallest absolute Gasteiger partial charge is 0.225 e. The van der Waals surface area contributed by atoms with Crippen molar-refractivity contribution in [1.82, 2.24) is 14.7 Å². The second-order valence-electron chi connectivity index (χ2n) is 7.63. The summed E-state index contributed by atoms with van der Waals surface area (Å²) in [5.74, 6) is -0.0238. The maximum atomic E-state index is 12.7. The predicted molar refractivity (Wildman–Crippen MR) is 123 cm³/mol. The Labute approximate surface area is 184 Å². The lowest BCUT2D eigenvalue weighted by atomic mass is 10.0. The summed E-state index contributed by atoms with van der Waals surface area (Å²) in [6.07, 6.45) is 0.393. The lowest BCUT2D eigenvalue weighted by molar-refractivity contribution is -0.116. The average molecular weight is 416 g/mol. The topological polar surface area (TPSA) is 74.0 Å². The lowest BCUT2D eigenvalue weighted by Gasteiger charge is -2.28. The standard InChI is InChI=1S/C25H29N5O/c1-5-29(19(3)22-13-11-21(17-26)12-14-22)16-15-24(31)27-25-18(2)28-30(20(25)4)23-9-7-6-8-10-23/h6-14,19H,5,15-16H2,1-4H3,(H,27,31). The monoisotopic (exact) mass is 415 g/mol. The number of aromatic nitrogens is 2. The van der Waals surface area contributed by atoms with Gasteiger partial charge in [-0.05, 0) is 57.1 Å². The van der Waals surface area contributed by atoms with E-state index in [4.69, 9.17) is 5.26 Å². The molecule has 6 heteroatoms. The number of hydrogen-bond acceptors (Lipinski definition) is 4. The molecular weight excluding hydrogens is 386 g/mol. The Morgan fingerprint density at radius 3 is 2.45 bits per heavy atom. The van der Waals surface area contributed by atoms with Gasteiger partial charge in [0.1, 0.15) is 0 Å². The van der Waals surface area contributed by atoms with Crippen LogP contribution in [0.5, 0.6) is 0 Å². The number of para-hydroxylation sites is 1. The highest BCUT2D eigenvalue weighted by Gasteiger charge is 2.18. The number of nitrogens with zero attached hydrogens (tertiary/aromatic N) is 4. The fraction of sp³-hybridized carbons (Fsp3) is 0.320. The molecule has 1 heterocycles. The molecular formula is C25H29N5O. The van der Waals surface area contributed by atoms with Gasteiger partial charge in [-0.2, -0.15) is 10.4 Å². The van der Waals surface area contributed by atoms with Crippen LogP contribution >= 0.6 is 0 Å². The van der Waals surface area contributed by atoms with E-state index in [2.05, 4.69) is 35.2 Å². The zero-order valence-electron chi connectivity index (χ0n) is 18.6. The molecule has 0 fully saturated rings. The molecule has 1 aromatic heterocycles. The number of carbonyl (C=O) groups excluding carboxylic acids is 1. The van der Waals surface area contributed by atoms with Gasteiger partial charge in [0.05, 0.1) is 34.4 Å². The van der Waals surface area contributed by atoms with Crippen LogP contribution in [0.1, 0.15) is 48.8 Å². The van der Waals surface area contributed by atoms with Crippen molar-refractivity contribution in [2.75, 3.05) is 18.4 Å². The quantitative estimate of drug-likeness (QED) is 0.575. The average Bonchev–Trinajstić information content (AvgIpc) is 3.08. The summed E-state index contributed by atoms with van der Waals surface area (Å²) in [6.45, 7) is 9.57. The summed E-state index contributed by atoms with van der Waals surface area (Å²) in [6, 6.07) is 19.8. The maximum absolute atomic E-state index is 12.7. The zero-order valence-corrected chi connectivity index (χ0v) is 18.6. The Balaban J connectivity index is 1.64. The molecule has 1 unspecified atom stereocenters.